The summed E-state index contributed by atoms with van der Waals surface area (Å²) in [4.78, 5) is 6.74. The second-order valence-corrected chi connectivity index (χ2v) is 4.93. The number of hydrogen-bond donors (Lipinski definition) is 2. The molecule has 0 saturated carbocycles. The Hall–Kier alpha value is -1.75. The number of hydrogen-bond acceptors (Lipinski definition) is 5. The Morgan fingerprint density at radius 3 is 2.89 bits per heavy atom. The lowest BCUT2D eigenvalue weighted by atomic mass is 10.1. The highest BCUT2D eigenvalue weighted by atomic mass is 16.4. The minimum atomic E-state index is 0.440. The molecule has 1 saturated heterocycles. The van der Waals surface area contributed by atoms with Crippen LogP contribution in [0.1, 0.15) is 12.8 Å². The molecule has 2 heterocycles. The third-order valence-electron chi connectivity index (χ3n) is 3.50. The van der Waals surface area contributed by atoms with Gasteiger partial charge in [0.1, 0.15) is 5.52 Å². The van der Waals surface area contributed by atoms with Crippen molar-refractivity contribution in [2.24, 2.45) is 0 Å². The number of aromatic nitrogens is 1. The van der Waals surface area contributed by atoms with Gasteiger partial charge in [0, 0.05) is 6.04 Å². The second-order valence-electron chi connectivity index (χ2n) is 4.93. The van der Waals surface area contributed by atoms with E-state index in [4.69, 9.17) is 10.2 Å². The van der Waals surface area contributed by atoms with Crippen molar-refractivity contribution in [3.05, 3.63) is 18.2 Å². The Labute approximate surface area is 106 Å². The number of fused-ring (bicyclic) bond motifs is 1. The maximum Gasteiger partial charge on any atom is 0.295 e. The van der Waals surface area contributed by atoms with Crippen LogP contribution in [0, 0.1) is 0 Å². The molecule has 0 atom stereocenters. The van der Waals surface area contributed by atoms with Gasteiger partial charge in [-0.3, -0.25) is 0 Å². The van der Waals surface area contributed by atoms with Crippen LogP contribution in [0.4, 0.5) is 11.7 Å². The molecule has 1 aromatic heterocycles. The van der Waals surface area contributed by atoms with Crippen LogP contribution in [0.2, 0.25) is 0 Å². The monoisotopic (exact) mass is 246 g/mol. The molecule has 5 heteroatoms. The fourth-order valence-corrected chi connectivity index (χ4v) is 2.36. The number of benzene rings is 1. The van der Waals surface area contributed by atoms with Crippen LogP contribution in [0.15, 0.2) is 22.6 Å². The molecule has 1 aromatic carbocycles. The van der Waals surface area contributed by atoms with Gasteiger partial charge in [-0.05, 0) is 45.1 Å². The van der Waals surface area contributed by atoms with Crippen molar-refractivity contribution in [2.45, 2.75) is 18.9 Å². The number of nitrogens with zero attached hydrogens (tertiary/aromatic N) is 2. The first-order chi connectivity index (χ1) is 8.72. The largest absolute Gasteiger partial charge is 0.423 e. The summed E-state index contributed by atoms with van der Waals surface area (Å²) in [6.07, 6.45) is 2.23. The van der Waals surface area contributed by atoms with Crippen molar-refractivity contribution >= 4 is 22.8 Å². The van der Waals surface area contributed by atoms with Crippen LogP contribution in [0.25, 0.3) is 11.1 Å². The van der Waals surface area contributed by atoms with E-state index >= 15 is 0 Å². The number of para-hydroxylation sites is 1. The zero-order valence-electron chi connectivity index (χ0n) is 10.5. The van der Waals surface area contributed by atoms with Gasteiger partial charge in [-0.2, -0.15) is 4.98 Å². The van der Waals surface area contributed by atoms with E-state index in [0.29, 0.717) is 17.7 Å². The summed E-state index contributed by atoms with van der Waals surface area (Å²) in [6, 6.07) is 6.62. The molecule has 5 nitrogen and oxygen atoms in total. The molecule has 1 aliphatic heterocycles. The number of piperidine rings is 1. The zero-order valence-corrected chi connectivity index (χ0v) is 10.5. The zero-order chi connectivity index (χ0) is 12.5. The number of anilines is 2. The summed E-state index contributed by atoms with van der Waals surface area (Å²) in [5.41, 5.74) is 8.01. The fraction of sp³-hybridized carbons (Fsp3) is 0.462. The molecule has 0 spiro atoms. The van der Waals surface area contributed by atoms with Gasteiger partial charge in [0.25, 0.3) is 6.01 Å². The van der Waals surface area contributed by atoms with Gasteiger partial charge in [0.15, 0.2) is 5.58 Å². The van der Waals surface area contributed by atoms with Crippen LogP contribution >= 0.6 is 0 Å². The highest BCUT2D eigenvalue weighted by Gasteiger charge is 2.18. The van der Waals surface area contributed by atoms with Gasteiger partial charge in [-0.15, -0.1) is 0 Å². The standard InChI is InChI=1S/C13H18N4O/c1-17-7-5-9(6-8-17)15-13-16-12-10(14)3-2-4-11(12)18-13/h2-4,9H,5-8,14H2,1H3,(H,15,16). The predicted molar refractivity (Wildman–Crippen MR) is 72.6 cm³/mol. The first-order valence-corrected chi connectivity index (χ1v) is 6.32. The molecule has 0 radical (unpaired) electrons. The Kier molecular flexibility index (Phi) is 2.83. The molecule has 0 amide bonds. The van der Waals surface area contributed by atoms with E-state index in [1.807, 2.05) is 18.2 Å². The van der Waals surface area contributed by atoms with Gasteiger partial charge >= 0.3 is 0 Å². The lowest BCUT2D eigenvalue weighted by molar-refractivity contribution is 0.262. The van der Waals surface area contributed by atoms with E-state index in [0.717, 1.165) is 37.0 Å². The molecule has 1 aliphatic rings. The molecular formula is C13H18N4O. The SMILES string of the molecule is CN1CCC(Nc2nc3c(N)cccc3o2)CC1. The quantitative estimate of drug-likeness (QED) is 0.792. The van der Waals surface area contributed by atoms with Crippen molar-refractivity contribution in [1.82, 2.24) is 9.88 Å². The number of rotatable bonds is 2. The van der Waals surface area contributed by atoms with E-state index < -0.39 is 0 Å². The number of likely N-dealkylation sites (tertiary alicyclic amines) is 1. The summed E-state index contributed by atoms with van der Waals surface area (Å²) in [5, 5.41) is 3.36. The Bertz CT molecular complexity index is 543. The van der Waals surface area contributed by atoms with Gasteiger partial charge < -0.3 is 20.4 Å². The molecule has 0 aliphatic carbocycles. The van der Waals surface area contributed by atoms with Crippen LogP contribution in [-0.2, 0) is 0 Å². The van der Waals surface area contributed by atoms with Crippen LogP contribution in [0.3, 0.4) is 0 Å². The van der Waals surface area contributed by atoms with Crippen LogP contribution in [0.5, 0.6) is 0 Å². The lowest BCUT2D eigenvalue weighted by Gasteiger charge is -2.28. The van der Waals surface area contributed by atoms with Crippen molar-refractivity contribution in [2.75, 3.05) is 31.2 Å². The summed E-state index contributed by atoms with van der Waals surface area (Å²) in [7, 11) is 2.15. The van der Waals surface area contributed by atoms with Gasteiger partial charge in [-0.25, -0.2) is 0 Å². The molecular weight excluding hydrogens is 228 g/mol. The summed E-state index contributed by atoms with van der Waals surface area (Å²) in [6.45, 7) is 2.22. The Morgan fingerprint density at radius 2 is 2.17 bits per heavy atom. The van der Waals surface area contributed by atoms with Crippen molar-refractivity contribution in [3.63, 3.8) is 0 Å². The maximum atomic E-state index is 5.86. The highest BCUT2D eigenvalue weighted by Crippen LogP contribution is 2.25. The molecule has 96 valence electrons. The second kappa shape index (κ2) is 4.49. The average molecular weight is 246 g/mol. The lowest BCUT2D eigenvalue weighted by Crippen LogP contribution is -2.36. The first kappa shape index (κ1) is 11.3. The fourth-order valence-electron chi connectivity index (χ4n) is 2.36. The minimum absolute atomic E-state index is 0.440. The topological polar surface area (TPSA) is 67.3 Å². The van der Waals surface area contributed by atoms with Crippen LogP contribution < -0.4 is 11.1 Å². The minimum Gasteiger partial charge on any atom is -0.423 e. The summed E-state index contributed by atoms with van der Waals surface area (Å²) < 4.78 is 5.66. The number of nitrogens with two attached hydrogens (primary N) is 1. The molecule has 0 bridgehead atoms. The van der Waals surface area contributed by atoms with Crippen molar-refractivity contribution in [1.29, 1.82) is 0 Å². The number of nitrogen functional groups attached to an aromatic ring is 1. The molecule has 3 rings (SSSR count). The number of nitrogens with one attached hydrogen (secondary N) is 1. The predicted octanol–water partition coefficient (Wildman–Crippen LogP) is 1.92. The first-order valence-electron chi connectivity index (χ1n) is 6.32. The highest BCUT2D eigenvalue weighted by molar-refractivity contribution is 5.86. The smallest absolute Gasteiger partial charge is 0.295 e. The molecule has 1 fully saturated rings. The van der Waals surface area contributed by atoms with Crippen molar-refractivity contribution < 1.29 is 4.42 Å². The van der Waals surface area contributed by atoms with Gasteiger partial charge in [0.05, 0.1) is 5.69 Å². The normalized spacial score (nSPS) is 18.3. The molecule has 18 heavy (non-hydrogen) atoms. The summed E-state index contributed by atoms with van der Waals surface area (Å²) in [5.74, 6) is 0. The van der Waals surface area contributed by atoms with E-state index in [9.17, 15) is 0 Å². The molecule has 2 aromatic rings. The van der Waals surface area contributed by atoms with Crippen molar-refractivity contribution in [3.8, 4) is 0 Å². The number of oxazole rings is 1. The maximum absolute atomic E-state index is 5.86. The third-order valence-corrected chi connectivity index (χ3v) is 3.50. The Balaban J connectivity index is 1.77. The molecule has 0 unspecified atom stereocenters. The van der Waals surface area contributed by atoms with E-state index in [-0.39, 0.29) is 0 Å². The molecule has 3 N–H and O–H groups in total. The van der Waals surface area contributed by atoms with Gasteiger partial charge in [-0.1, -0.05) is 6.07 Å². The van der Waals surface area contributed by atoms with E-state index in [2.05, 4.69) is 22.2 Å². The van der Waals surface area contributed by atoms with Gasteiger partial charge in [0.2, 0.25) is 0 Å². The van der Waals surface area contributed by atoms with Crippen LogP contribution in [-0.4, -0.2) is 36.1 Å². The summed E-state index contributed by atoms with van der Waals surface area (Å²) >= 11 is 0. The van der Waals surface area contributed by atoms with E-state index in [1.165, 1.54) is 0 Å². The third kappa shape index (κ3) is 2.13. The average Bonchev–Trinajstić information content (AvgIpc) is 2.76. The Morgan fingerprint density at radius 1 is 1.39 bits per heavy atom. The van der Waals surface area contributed by atoms with E-state index in [1.54, 1.807) is 0 Å².